The molecule has 0 aliphatic rings. The lowest BCUT2D eigenvalue weighted by Gasteiger charge is -2.09. The number of carbonyl (C=O) groups is 1. The van der Waals surface area contributed by atoms with Gasteiger partial charge in [-0.05, 0) is 38.8 Å². The van der Waals surface area contributed by atoms with Crippen molar-refractivity contribution in [2.24, 2.45) is 0 Å². The lowest BCUT2D eigenvalue weighted by Crippen LogP contribution is -2.03. The van der Waals surface area contributed by atoms with E-state index in [4.69, 9.17) is 4.74 Å². The summed E-state index contributed by atoms with van der Waals surface area (Å²) < 4.78 is 5.48. The molecule has 0 spiro atoms. The van der Waals surface area contributed by atoms with Crippen molar-refractivity contribution in [1.82, 2.24) is 0 Å². The molecule has 0 radical (unpaired) electrons. The fourth-order valence-electron chi connectivity index (χ4n) is 1.68. The molecule has 18 heavy (non-hydrogen) atoms. The van der Waals surface area contributed by atoms with Gasteiger partial charge in [-0.3, -0.25) is 10.1 Å². The maximum atomic E-state index is 10.8. The first kappa shape index (κ1) is 14.2. The van der Waals surface area contributed by atoms with Crippen LogP contribution in [0.2, 0.25) is 0 Å². The minimum atomic E-state index is -0.419. The van der Waals surface area contributed by atoms with E-state index in [9.17, 15) is 14.9 Å². The van der Waals surface area contributed by atoms with Crippen molar-refractivity contribution in [3.8, 4) is 5.75 Å². The second-order valence-electron chi connectivity index (χ2n) is 4.32. The van der Waals surface area contributed by atoms with E-state index >= 15 is 0 Å². The first-order chi connectivity index (χ1) is 8.41. The topological polar surface area (TPSA) is 69.4 Å². The molecule has 0 aliphatic carbocycles. The second kappa shape index (κ2) is 6.14. The molecule has 0 saturated heterocycles. The molecule has 0 aliphatic heterocycles. The number of hydrogen-bond donors (Lipinski definition) is 0. The summed E-state index contributed by atoms with van der Waals surface area (Å²) in [5.74, 6) is 0.626. The van der Waals surface area contributed by atoms with Crippen molar-refractivity contribution >= 4 is 11.5 Å². The third kappa shape index (κ3) is 3.84. The standard InChI is InChI=1S/C13H17NO4/c1-9-7-10(2)13(8-12(9)14(16)17)18-6-4-5-11(3)15/h7-8H,4-6H2,1-3H3. The third-order valence-electron chi connectivity index (χ3n) is 2.62. The van der Waals surface area contributed by atoms with Crippen LogP contribution < -0.4 is 4.74 Å². The molecule has 0 bridgehead atoms. The van der Waals surface area contributed by atoms with Gasteiger partial charge in [0.05, 0.1) is 17.6 Å². The van der Waals surface area contributed by atoms with E-state index in [1.165, 1.54) is 13.0 Å². The van der Waals surface area contributed by atoms with Gasteiger partial charge in [0.2, 0.25) is 0 Å². The minimum absolute atomic E-state index is 0.0576. The van der Waals surface area contributed by atoms with Crippen LogP contribution in [0.1, 0.15) is 30.9 Å². The number of nitro groups is 1. The Morgan fingerprint density at radius 1 is 1.33 bits per heavy atom. The zero-order valence-corrected chi connectivity index (χ0v) is 10.9. The van der Waals surface area contributed by atoms with Crippen LogP contribution in [0.15, 0.2) is 12.1 Å². The fourth-order valence-corrected chi connectivity index (χ4v) is 1.68. The van der Waals surface area contributed by atoms with Gasteiger partial charge >= 0.3 is 0 Å². The Morgan fingerprint density at radius 2 is 2.00 bits per heavy atom. The first-order valence-electron chi connectivity index (χ1n) is 5.79. The van der Waals surface area contributed by atoms with Gasteiger partial charge in [0.25, 0.3) is 5.69 Å². The number of nitro benzene ring substituents is 1. The maximum absolute atomic E-state index is 10.8. The Hall–Kier alpha value is -1.91. The summed E-state index contributed by atoms with van der Waals surface area (Å²) in [7, 11) is 0. The molecule has 5 nitrogen and oxygen atoms in total. The van der Waals surface area contributed by atoms with Gasteiger partial charge < -0.3 is 9.53 Å². The molecule has 0 fully saturated rings. The van der Waals surface area contributed by atoms with Crippen LogP contribution in [0.3, 0.4) is 0 Å². The highest BCUT2D eigenvalue weighted by Gasteiger charge is 2.14. The minimum Gasteiger partial charge on any atom is -0.493 e. The van der Waals surface area contributed by atoms with E-state index in [0.717, 1.165) is 5.56 Å². The maximum Gasteiger partial charge on any atom is 0.276 e. The molecule has 98 valence electrons. The lowest BCUT2D eigenvalue weighted by atomic mass is 10.1. The molecule has 5 heteroatoms. The van der Waals surface area contributed by atoms with Gasteiger partial charge in [-0.2, -0.15) is 0 Å². The summed E-state index contributed by atoms with van der Waals surface area (Å²) in [4.78, 5) is 21.2. The molecule has 1 rings (SSSR count). The SMILES string of the molecule is CC(=O)CCCOc1cc([N+](=O)[O-])c(C)cc1C. The van der Waals surface area contributed by atoms with Crippen molar-refractivity contribution in [3.05, 3.63) is 33.4 Å². The first-order valence-corrected chi connectivity index (χ1v) is 5.79. The molecule has 1 aromatic rings. The molecular formula is C13H17NO4. The zero-order valence-electron chi connectivity index (χ0n) is 10.9. The number of aryl methyl sites for hydroxylation is 2. The number of ether oxygens (including phenoxy) is 1. The van der Waals surface area contributed by atoms with Crippen molar-refractivity contribution in [2.45, 2.75) is 33.6 Å². The van der Waals surface area contributed by atoms with Gasteiger partial charge in [0.15, 0.2) is 0 Å². The van der Waals surface area contributed by atoms with Gasteiger partial charge in [-0.25, -0.2) is 0 Å². The number of Topliss-reactive ketones (excluding diaryl/α,β-unsaturated/α-hetero) is 1. The van der Waals surface area contributed by atoms with E-state index in [1.807, 2.05) is 6.92 Å². The van der Waals surface area contributed by atoms with Crippen LogP contribution in [-0.2, 0) is 4.79 Å². The molecule has 0 N–H and O–H groups in total. The third-order valence-corrected chi connectivity index (χ3v) is 2.62. The van der Waals surface area contributed by atoms with Crippen molar-refractivity contribution in [2.75, 3.05) is 6.61 Å². The quantitative estimate of drug-likeness (QED) is 0.442. The number of ketones is 1. The molecule has 0 unspecified atom stereocenters. The second-order valence-corrected chi connectivity index (χ2v) is 4.32. The number of benzene rings is 1. The predicted octanol–water partition coefficient (Wildman–Crippen LogP) is 2.96. The molecule has 0 aromatic heterocycles. The van der Waals surface area contributed by atoms with E-state index in [0.29, 0.717) is 30.8 Å². The van der Waals surface area contributed by atoms with Crippen LogP contribution >= 0.6 is 0 Å². The Labute approximate surface area is 106 Å². The van der Waals surface area contributed by atoms with Gasteiger partial charge in [-0.15, -0.1) is 0 Å². The highest BCUT2D eigenvalue weighted by atomic mass is 16.6. The molecule has 0 amide bonds. The highest BCUT2D eigenvalue weighted by Crippen LogP contribution is 2.28. The fraction of sp³-hybridized carbons (Fsp3) is 0.462. The monoisotopic (exact) mass is 251 g/mol. The van der Waals surface area contributed by atoms with Crippen molar-refractivity contribution in [3.63, 3.8) is 0 Å². The Kier molecular flexibility index (Phi) is 4.83. The Balaban J connectivity index is 2.73. The Bertz CT molecular complexity index is 468. The van der Waals surface area contributed by atoms with Crippen LogP contribution in [0.4, 0.5) is 5.69 Å². The van der Waals surface area contributed by atoms with E-state index in [-0.39, 0.29) is 11.5 Å². The summed E-state index contributed by atoms with van der Waals surface area (Å²) in [6.45, 7) is 5.46. The summed E-state index contributed by atoms with van der Waals surface area (Å²) >= 11 is 0. The van der Waals surface area contributed by atoms with Crippen LogP contribution in [0.25, 0.3) is 0 Å². The van der Waals surface area contributed by atoms with E-state index in [1.54, 1.807) is 13.0 Å². The largest absolute Gasteiger partial charge is 0.493 e. The molecule has 0 saturated carbocycles. The predicted molar refractivity (Wildman–Crippen MR) is 68.0 cm³/mol. The van der Waals surface area contributed by atoms with Crippen LogP contribution in [0.5, 0.6) is 5.75 Å². The Morgan fingerprint density at radius 3 is 2.56 bits per heavy atom. The molecule has 1 aromatic carbocycles. The summed E-state index contributed by atoms with van der Waals surface area (Å²) in [5, 5.41) is 10.8. The van der Waals surface area contributed by atoms with E-state index in [2.05, 4.69) is 0 Å². The average Bonchev–Trinajstić information content (AvgIpc) is 2.25. The number of rotatable bonds is 6. The summed E-state index contributed by atoms with van der Waals surface area (Å²) in [5.41, 5.74) is 1.54. The highest BCUT2D eigenvalue weighted by molar-refractivity contribution is 5.75. The van der Waals surface area contributed by atoms with Crippen LogP contribution in [0, 0.1) is 24.0 Å². The molecular weight excluding hydrogens is 234 g/mol. The van der Waals surface area contributed by atoms with Crippen LogP contribution in [-0.4, -0.2) is 17.3 Å². The smallest absolute Gasteiger partial charge is 0.276 e. The lowest BCUT2D eigenvalue weighted by molar-refractivity contribution is -0.385. The molecule has 0 heterocycles. The van der Waals surface area contributed by atoms with E-state index < -0.39 is 4.92 Å². The normalized spacial score (nSPS) is 10.2. The summed E-state index contributed by atoms with van der Waals surface area (Å²) in [6.07, 6.45) is 1.09. The number of nitrogens with zero attached hydrogens (tertiary/aromatic N) is 1. The summed E-state index contributed by atoms with van der Waals surface area (Å²) in [6, 6.07) is 3.18. The van der Waals surface area contributed by atoms with Gasteiger partial charge in [0.1, 0.15) is 11.5 Å². The van der Waals surface area contributed by atoms with Gasteiger partial charge in [-0.1, -0.05) is 0 Å². The average molecular weight is 251 g/mol. The zero-order chi connectivity index (χ0) is 13.7. The molecule has 0 atom stereocenters. The van der Waals surface area contributed by atoms with Crippen molar-refractivity contribution < 1.29 is 14.5 Å². The van der Waals surface area contributed by atoms with Crippen molar-refractivity contribution in [1.29, 1.82) is 0 Å². The number of hydrogen-bond acceptors (Lipinski definition) is 4. The number of carbonyl (C=O) groups excluding carboxylic acids is 1. The van der Waals surface area contributed by atoms with Gasteiger partial charge in [0, 0.05) is 12.0 Å².